The van der Waals surface area contributed by atoms with Crippen molar-refractivity contribution >= 4 is 32.2 Å². The molecule has 0 amide bonds. The highest BCUT2D eigenvalue weighted by Gasteiger charge is 2.32. The van der Waals surface area contributed by atoms with Crippen molar-refractivity contribution in [2.45, 2.75) is 18.4 Å². The molecule has 0 radical (unpaired) electrons. The first kappa shape index (κ1) is 14.2. The zero-order chi connectivity index (χ0) is 11.9. The van der Waals surface area contributed by atoms with Gasteiger partial charge in [-0.05, 0) is 18.4 Å². The molecule has 0 bridgehead atoms. The van der Waals surface area contributed by atoms with Gasteiger partial charge in [0.05, 0.1) is 0 Å². The molecule has 5 heteroatoms. The van der Waals surface area contributed by atoms with Crippen LogP contribution in [0.5, 0.6) is 0 Å². The van der Waals surface area contributed by atoms with E-state index in [0.29, 0.717) is 24.6 Å². The minimum atomic E-state index is -0.563. The van der Waals surface area contributed by atoms with E-state index in [4.69, 9.17) is 32.6 Å². The summed E-state index contributed by atoms with van der Waals surface area (Å²) in [5.74, 6) is 0.937. The molecule has 0 heterocycles. The molecule has 16 heavy (non-hydrogen) atoms. The monoisotopic (exact) mass is 280 g/mol. The van der Waals surface area contributed by atoms with Crippen LogP contribution >= 0.6 is 32.2 Å². The van der Waals surface area contributed by atoms with E-state index in [2.05, 4.69) is 0 Å². The van der Waals surface area contributed by atoms with Gasteiger partial charge < -0.3 is 9.42 Å². The quantitative estimate of drug-likeness (QED) is 0.610. The molecule has 0 spiro atoms. The summed E-state index contributed by atoms with van der Waals surface area (Å²) in [4.78, 5) is 9.04. The predicted octanol–water partition coefficient (Wildman–Crippen LogP) is 3.66. The van der Waals surface area contributed by atoms with Crippen LogP contribution in [0.25, 0.3) is 0 Å². The number of alkyl halides is 2. The molecule has 1 aromatic carbocycles. The van der Waals surface area contributed by atoms with Gasteiger partial charge >= 0.3 is 0 Å². The van der Waals surface area contributed by atoms with E-state index >= 15 is 0 Å². The van der Waals surface area contributed by atoms with Crippen molar-refractivity contribution in [3.63, 3.8) is 0 Å². The zero-order valence-electron chi connectivity index (χ0n) is 8.83. The third-order valence-corrected chi connectivity index (χ3v) is 3.40. The van der Waals surface area contributed by atoms with Crippen molar-refractivity contribution in [3.8, 4) is 0 Å². The highest BCUT2D eigenvalue weighted by molar-refractivity contribution is 7.25. The second kappa shape index (κ2) is 7.47. The lowest BCUT2D eigenvalue weighted by Gasteiger charge is -2.32. The fraction of sp³-hybridized carbons (Fsp3) is 0.455. The third-order valence-electron chi connectivity index (χ3n) is 2.54. The van der Waals surface area contributed by atoms with Gasteiger partial charge in [-0.25, -0.2) is 0 Å². The van der Waals surface area contributed by atoms with Gasteiger partial charge in [-0.3, -0.25) is 0 Å². The third kappa shape index (κ3) is 3.58. The highest BCUT2D eigenvalue weighted by atomic mass is 35.5. The van der Waals surface area contributed by atoms with E-state index < -0.39 is 14.6 Å². The summed E-state index contributed by atoms with van der Waals surface area (Å²) in [5.41, 5.74) is 0.454. The van der Waals surface area contributed by atoms with Crippen molar-refractivity contribution in [1.29, 1.82) is 0 Å². The Morgan fingerprint density at radius 2 is 1.69 bits per heavy atom. The van der Waals surface area contributed by atoms with Crippen molar-refractivity contribution in [3.05, 3.63) is 35.9 Å². The van der Waals surface area contributed by atoms with Gasteiger partial charge in [0.2, 0.25) is 0 Å². The fourth-order valence-electron chi connectivity index (χ4n) is 1.71. The molecule has 0 aromatic heterocycles. The van der Waals surface area contributed by atoms with Crippen LogP contribution in [0, 0.1) is 0 Å². The minimum Gasteiger partial charge on any atom is -0.352 e. The van der Waals surface area contributed by atoms with Crippen LogP contribution in [0.2, 0.25) is 0 Å². The molecule has 1 atom stereocenters. The first-order valence-corrected chi connectivity index (χ1v) is 6.96. The lowest BCUT2D eigenvalue weighted by atomic mass is 9.89. The molecule has 2 nitrogen and oxygen atoms in total. The van der Waals surface area contributed by atoms with Crippen LogP contribution in [0.1, 0.15) is 18.4 Å². The van der Waals surface area contributed by atoms with Gasteiger partial charge in [0.1, 0.15) is 5.60 Å². The van der Waals surface area contributed by atoms with E-state index in [1.165, 1.54) is 0 Å². The summed E-state index contributed by atoms with van der Waals surface area (Å²) in [6.45, 7) is 0. The van der Waals surface area contributed by atoms with Gasteiger partial charge in [-0.1, -0.05) is 30.3 Å². The van der Waals surface area contributed by atoms with E-state index in [0.717, 1.165) is 5.56 Å². The number of hydrogen-bond acceptors (Lipinski definition) is 2. The summed E-state index contributed by atoms with van der Waals surface area (Å²) in [6, 6.07) is 9.77. The predicted molar refractivity (Wildman–Crippen MR) is 70.4 cm³/mol. The van der Waals surface area contributed by atoms with Gasteiger partial charge in [0.25, 0.3) is 0 Å². The molecule has 0 aliphatic rings. The Labute approximate surface area is 108 Å². The van der Waals surface area contributed by atoms with Gasteiger partial charge in [0, 0.05) is 11.8 Å². The Morgan fingerprint density at radius 1 is 1.12 bits per heavy atom. The van der Waals surface area contributed by atoms with Crippen molar-refractivity contribution < 1.29 is 9.42 Å². The standard InChI is InChI=1S/C11H15Cl2O2P/c12-8-6-11(7-9-13,15-16-14)10-4-2-1-3-5-10/h1-5,14,16H,6-9H2. The molecular formula is C11H15Cl2O2P. The van der Waals surface area contributed by atoms with E-state index in [1.54, 1.807) is 0 Å². The smallest absolute Gasteiger partial charge is 0.153 e. The molecule has 1 rings (SSSR count). The molecular weight excluding hydrogens is 266 g/mol. The zero-order valence-corrected chi connectivity index (χ0v) is 11.3. The van der Waals surface area contributed by atoms with Crippen LogP contribution in [-0.4, -0.2) is 16.7 Å². The summed E-state index contributed by atoms with van der Waals surface area (Å²) in [5, 5.41) is 0. The van der Waals surface area contributed by atoms with E-state index in [-0.39, 0.29) is 0 Å². The van der Waals surface area contributed by atoms with E-state index in [9.17, 15) is 0 Å². The van der Waals surface area contributed by atoms with Gasteiger partial charge in [-0.15, -0.1) is 23.2 Å². The molecule has 90 valence electrons. The average Bonchev–Trinajstić information content (AvgIpc) is 2.31. The Morgan fingerprint density at radius 3 is 2.12 bits per heavy atom. The molecule has 1 N–H and O–H groups in total. The second-order valence-corrected chi connectivity index (χ2v) is 4.57. The summed E-state index contributed by atoms with van der Waals surface area (Å²) in [6.07, 6.45) is 1.28. The second-order valence-electron chi connectivity index (χ2n) is 3.43. The lowest BCUT2D eigenvalue weighted by molar-refractivity contribution is 0.0684. The van der Waals surface area contributed by atoms with Crippen molar-refractivity contribution in [2.24, 2.45) is 0 Å². The first-order chi connectivity index (χ1) is 7.79. The Balaban J connectivity index is 2.99. The summed E-state index contributed by atoms with van der Waals surface area (Å²) in [7, 11) is -0.563. The van der Waals surface area contributed by atoms with Gasteiger partial charge in [-0.2, -0.15) is 0 Å². The number of halogens is 2. The molecule has 0 saturated heterocycles. The summed E-state index contributed by atoms with van der Waals surface area (Å²) >= 11 is 11.6. The molecule has 0 fully saturated rings. The highest BCUT2D eigenvalue weighted by Crippen LogP contribution is 2.38. The maximum Gasteiger partial charge on any atom is 0.153 e. The number of rotatable bonds is 7. The average molecular weight is 281 g/mol. The Hall–Kier alpha value is 0.150. The van der Waals surface area contributed by atoms with Crippen LogP contribution in [0.15, 0.2) is 30.3 Å². The minimum absolute atomic E-state index is 0.469. The van der Waals surface area contributed by atoms with Crippen LogP contribution < -0.4 is 0 Å². The number of benzene rings is 1. The van der Waals surface area contributed by atoms with Crippen molar-refractivity contribution in [1.82, 2.24) is 0 Å². The number of hydrogen-bond donors (Lipinski definition) is 1. The SMILES string of the molecule is OPOC(CCCl)(CCCl)c1ccccc1. The summed E-state index contributed by atoms with van der Waals surface area (Å²) < 4.78 is 5.51. The molecule has 1 aromatic rings. The maximum absolute atomic E-state index is 9.04. The Kier molecular flexibility index (Phi) is 6.64. The molecule has 0 saturated carbocycles. The topological polar surface area (TPSA) is 29.5 Å². The van der Waals surface area contributed by atoms with Gasteiger partial charge in [0.15, 0.2) is 9.03 Å². The Bertz CT molecular complexity index is 278. The van der Waals surface area contributed by atoms with Crippen molar-refractivity contribution in [2.75, 3.05) is 11.8 Å². The van der Waals surface area contributed by atoms with Crippen LogP contribution in [0.3, 0.4) is 0 Å². The largest absolute Gasteiger partial charge is 0.352 e. The van der Waals surface area contributed by atoms with E-state index in [1.807, 2.05) is 30.3 Å². The first-order valence-electron chi connectivity index (χ1n) is 5.03. The molecule has 1 unspecified atom stereocenters. The molecule has 0 aliphatic heterocycles. The van der Waals surface area contributed by atoms with Crippen LogP contribution in [-0.2, 0) is 10.1 Å². The molecule has 0 aliphatic carbocycles. The maximum atomic E-state index is 9.04. The lowest BCUT2D eigenvalue weighted by Crippen LogP contribution is -2.28. The normalized spacial score (nSPS) is 12.4. The van der Waals surface area contributed by atoms with Crippen LogP contribution in [0.4, 0.5) is 0 Å². The fourth-order valence-corrected chi connectivity index (χ4v) is 2.82.